The van der Waals surface area contributed by atoms with E-state index in [-0.39, 0.29) is 5.91 Å². The van der Waals surface area contributed by atoms with E-state index in [1.54, 1.807) is 30.2 Å². The summed E-state index contributed by atoms with van der Waals surface area (Å²) < 4.78 is 5.24. The molecule has 0 aromatic heterocycles. The minimum atomic E-state index is 0.175. The van der Waals surface area contributed by atoms with Crippen molar-refractivity contribution in [2.75, 3.05) is 13.7 Å². The molecule has 0 saturated carbocycles. The lowest BCUT2D eigenvalue weighted by Crippen LogP contribution is -2.24. The topological polar surface area (TPSA) is 53.3 Å². The van der Waals surface area contributed by atoms with E-state index < -0.39 is 0 Å². The number of hydrogen-bond donors (Lipinski definition) is 0. The molecule has 0 spiro atoms. The molecule has 0 radical (unpaired) electrons. The number of carbonyl (C=O) groups is 1. The van der Waals surface area contributed by atoms with Gasteiger partial charge in [0.2, 0.25) is 5.91 Å². The molecule has 1 saturated heterocycles. The molecule has 0 unspecified atom stereocenters. The predicted octanol–water partition coefficient (Wildman–Crippen LogP) is 1.69. The second-order valence-electron chi connectivity index (χ2n) is 4.06. The molecule has 1 heterocycles. The first-order valence-electron chi connectivity index (χ1n) is 5.59. The van der Waals surface area contributed by atoms with Crippen LogP contribution in [0.5, 0.6) is 5.75 Å². The standard InChI is InChI=1S/C13H14N2O2/c1-17-12-5-4-10(8-14)7-11(12)9-15-6-2-3-13(15)16/h4-5,7H,2-3,6,9H2,1H3. The van der Waals surface area contributed by atoms with E-state index in [1.165, 1.54) is 0 Å². The van der Waals surface area contributed by atoms with Gasteiger partial charge in [-0.2, -0.15) is 5.26 Å². The largest absolute Gasteiger partial charge is 0.496 e. The number of methoxy groups -OCH3 is 1. The van der Waals surface area contributed by atoms with Crippen LogP contribution in [-0.2, 0) is 11.3 Å². The third-order valence-electron chi connectivity index (χ3n) is 2.94. The Kier molecular flexibility index (Phi) is 3.29. The van der Waals surface area contributed by atoms with Crippen LogP contribution in [0.4, 0.5) is 0 Å². The summed E-state index contributed by atoms with van der Waals surface area (Å²) in [6, 6.07) is 7.37. The van der Waals surface area contributed by atoms with Crippen LogP contribution in [0.3, 0.4) is 0 Å². The Morgan fingerprint density at radius 1 is 1.53 bits per heavy atom. The molecule has 1 fully saturated rings. The normalized spacial score (nSPS) is 14.8. The van der Waals surface area contributed by atoms with Gasteiger partial charge in [-0.3, -0.25) is 4.79 Å². The zero-order chi connectivity index (χ0) is 12.3. The Hall–Kier alpha value is -2.02. The first kappa shape index (κ1) is 11.5. The quantitative estimate of drug-likeness (QED) is 0.794. The van der Waals surface area contributed by atoms with Gasteiger partial charge >= 0.3 is 0 Å². The number of ether oxygens (including phenoxy) is 1. The fraction of sp³-hybridized carbons (Fsp3) is 0.385. The zero-order valence-electron chi connectivity index (χ0n) is 9.77. The third kappa shape index (κ3) is 2.39. The molecule has 4 heteroatoms. The van der Waals surface area contributed by atoms with Crippen molar-refractivity contribution in [3.8, 4) is 11.8 Å². The van der Waals surface area contributed by atoms with Gasteiger partial charge < -0.3 is 9.64 Å². The van der Waals surface area contributed by atoms with Gasteiger partial charge in [-0.05, 0) is 24.6 Å². The van der Waals surface area contributed by atoms with E-state index in [9.17, 15) is 4.79 Å². The van der Waals surface area contributed by atoms with Gasteiger partial charge in [0.25, 0.3) is 0 Å². The van der Waals surface area contributed by atoms with Crippen LogP contribution >= 0.6 is 0 Å². The van der Waals surface area contributed by atoms with Crippen molar-refractivity contribution < 1.29 is 9.53 Å². The minimum Gasteiger partial charge on any atom is -0.496 e. The monoisotopic (exact) mass is 230 g/mol. The molecule has 4 nitrogen and oxygen atoms in total. The Labute approximate surface area is 100 Å². The molecule has 1 aromatic rings. The Bertz CT molecular complexity index is 477. The third-order valence-corrected chi connectivity index (χ3v) is 2.94. The summed E-state index contributed by atoms with van der Waals surface area (Å²) in [7, 11) is 1.59. The van der Waals surface area contributed by atoms with Crippen molar-refractivity contribution in [3.05, 3.63) is 29.3 Å². The molecular formula is C13H14N2O2. The number of benzene rings is 1. The SMILES string of the molecule is COc1ccc(C#N)cc1CN1CCCC1=O. The fourth-order valence-corrected chi connectivity index (χ4v) is 2.05. The molecular weight excluding hydrogens is 216 g/mol. The van der Waals surface area contributed by atoms with Gasteiger partial charge in [0.1, 0.15) is 5.75 Å². The minimum absolute atomic E-state index is 0.175. The van der Waals surface area contributed by atoms with Crippen molar-refractivity contribution in [1.82, 2.24) is 4.90 Å². The molecule has 17 heavy (non-hydrogen) atoms. The van der Waals surface area contributed by atoms with Gasteiger partial charge in [0.05, 0.1) is 18.7 Å². The van der Waals surface area contributed by atoms with Crippen molar-refractivity contribution in [1.29, 1.82) is 5.26 Å². The maximum Gasteiger partial charge on any atom is 0.222 e. The molecule has 1 amide bonds. The molecule has 1 aromatic carbocycles. The van der Waals surface area contributed by atoms with Crippen LogP contribution in [0.2, 0.25) is 0 Å². The lowest BCUT2D eigenvalue weighted by Gasteiger charge is -2.17. The van der Waals surface area contributed by atoms with Crippen LogP contribution in [0.1, 0.15) is 24.0 Å². The highest BCUT2D eigenvalue weighted by Crippen LogP contribution is 2.23. The average molecular weight is 230 g/mol. The second kappa shape index (κ2) is 4.88. The maximum atomic E-state index is 11.6. The van der Waals surface area contributed by atoms with Crippen LogP contribution in [0.25, 0.3) is 0 Å². The first-order chi connectivity index (χ1) is 8.24. The zero-order valence-corrected chi connectivity index (χ0v) is 9.77. The lowest BCUT2D eigenvalue weighted by molar-refractivity contribution is -0.128. The summed E-state index contributed by atoms with van der Waals surface area (Å²) in [5, 5.41) is 8.87. The highest BCUT2D eigenvalue weighted by molar-refractivity contribution is 5.78. The summed E-state index contributed by atoms with van der Waals surface area (Å²) in [5.41, 5.74) is 1.48. The van der Waals surface area contributed by atoms with Crippen LogP contribution in [0, 0.1) is 11.3 Å². The molecule has 0 bridgehead atoms. The van der Waals surface area contributed by atoms with E-state index in [1.807, 2.05) is 0 Å². The van der Waals surface area contributed by atoms with E-state index in [4.69, 9.17) is 10.00 Å². The number of amides is 1. The number of nitrogens with zero attached hydrogens (tertiary/aromatic N) is 2. The van der Waals surface area contributed by atoms with E-state index in [2.05, 4.69) is 6.07 Å². The first-order valence-corrected chi connectivity index (χ1v) is 5.59. The smallest absolute Gasteiger partial charge is 0.222 e. The number of hydrogen-bond acceptors (Lipinski definition) is 3. The summed E-state index contributed by atoms with van der Waals surface area (Å²) in [5.74, 6) is 0.901. The molecule has 1 aliphatic rings. The molecule has 0 N–H and O–H groups in total. The van der Waals surface area contributed by atoms with Crippen molar-refractivity contribution in [3.63, 3.8) is 0 Å². The van der Waals surface area contributed by atoms with Gasteiger partial charge in [-0.25, -0.2) is 0 Å². The lowest BCUT2D eigenvalue weighted by atomic mass is 10.1. The van der Waals surface area contributed by atoms with Crippen molar-refractivity contribution in [2.45, 2.75) is 19.4 Å². The number of rotatable bonds is 3. The maximum absolute atomic E-state index is 11.6. The molecule has 0 atom stereocenters. The number of likely N-dealkylation sites (tertiary alicyclic amines) is 1. The van der Waals surface area contributed by atoms with Gasteiger partial charge in [0.15, 0.2) is 0 Å². The van der Waals surface area contributed by atoms with Crippen LogP contribution < -0.4 is 4.74 Å². The number of nitriles is 1. The average Bonchev–Trinajstić information content (AvgIpc) is 2.75. The fourth-order valence-electron chi connectivity index (χ4n) is 2.05. The van der Waals surface area contributed by atoms with Gasteiger partial charge in [-0.1, -0.05) is 0 Å². The summed E-state index contributed by atoms with van der Waals surface area (Å²) in [6.07, 6.45) is 1.54. The van der Waals surface area contributed by atoms with E-state index in [0.717, 1.165) is 24.3 Å². The Morgan fingerprint density at radius 3 is 2.94 bits per heavy atom. The van der Waals surface area contributed by atoms with E-state index >= 15 is 0 Å². The highest BCUT2D eigenvalue weighted by atomic mass is 16.5. The number of carbonyl (C=O) groups excluding carboxylic acids is 1. The summed E-state index contributed by atoms with van der Waals surface area (Å²) >= 11 is 0. The molecule has 0 aliphatic carbocycles. The summed E-state index contributed by atoms with van der Waals surface area (Å²) in [4.78, 5) is 13.4. The van der Waals surface area contributed by atoms with Crippen LogP contribution in [0.15, 0.2) is 18.2 Å². The van der Waals surface area contributed by atoms with E-state index in [0.29, 0.717) is 18.5 Å². The molecule has 88 valence electrons. The Balaban J connectivity index is 2.24. The molecule has 1 aliphatic heterocycles. The molecule has 2 rings (SSSR count). The van der Waals surface area contributed by atoms with Gasteiger partial charge in [0, 0.05) is 25.1 Å². The second-order valence-corrected chi connectivity index (χ2v) is 4.06. The Morgan fingerprint density at radius 2 is 2.35 bits per heavy atom. The summed E-state index contributed by atoms with van der Waals surface area (Å²) in [6.45, 7) is 1.32. The van der Waals surface area contributed by atoms with Crippen molar-refractivity contribution >= 4 is 5.91 Å². The van der Waals surface area contributed by atoms with Gasteiger partial charge in [-0.15, -0.1) is 0 Å². The predicted molar refractivity (Wildman–Crippen MR) is 62.4 cm³/mol. The van der Waals surface area contributed by atoms with Crippen LogP contribution in [-0.4, -0.2) is 24.5 Å². The van der Waals surface area contributed by atoms with Crippen molar-refractivity contribution in [2.24, 2.45) is 0 Å². The highest BCUT2D eigenvalue weighted by Gasteiger charge is 2.21.